The van der Waals surface area contributed by atoms with Crippen molar-refractivity contribution in [3.63, 3.8) is 0 Å². The van der Waals surface area contributed by atoms with E-state index < -0.39 is 24.2 Å². The maximum atomic E-state index is 14.8. The molecule has 6 aliphatic rings. The van der Waals surface area contributed by atoms with E-state index in [0.29, 0.717) is 70.4 Å². The van der Waals surface area contributed by atoms with Crippen LogP contribution >= 0.6 is 0 Å². The van der Waals surface area contributed by atoms with Gasteiger partial charge in [-0.15, -0.1) is 10.2 Å². The van der Waals surface area contributed by atoms with Crippen LogP contribution < -0.4 is 26.0 Å². The van der Waals surface area contributed by atoms with Crippen LogP contribution in [0, 0.1) is 23.2 Å². The number of carbonyl (C=O) groups excluding carboxylic acids is 4. The number of methoxy groups -OCH3 is 1. The summed E-state index contributed by atoms with van der Waals surface area (Å²) in [5, 5.41) is 41.1. The van der Waals surface area contributed by atoms with Gasteiger partial charge in [-0.25, -0.2) is 4.68 Å². The van der Waals surface area contributed by atoms with E-state index in [1.807, 2.05) is 73.6 Å². The SMILES string of the molecule is COc1ccc(CC2CC(C(=O)NCC3=Cc4nnn(C)c4CC3)N(C(=O)C3CC(N4CCCCC4c4ccc(CC5CC(C(=O)NCc6ccc7c(c6)nnn7C)N(C(=O)C6CC(c7ccccc7)CN6)C5)c(C#N)c4)CN3)C2)cc1. The van der Waals surface area contributed by atoms with Crippen LogP contribution in [0.4, 0.5) is 0 Å². The van der Waals surface area contributed by atoms with Crippen molar-refractivity contribution < 1.29 is 23.9 Å². The molecule has 82 heavy (non-hydrogen) atoms. The standard InChI is InChI=1S/C63H74N14O5/c1-73-56-20-14-40(25-51(56)69-71-73)33-67-60(78)58-27-42(23-39-12-18-50(82-3)19-13-39)37-76(58)63(81)54-31-49(36-66-54)75-22-8-7-11-55(75)46-17-16-45(47(29-46)32-64)24-43-28-59(61(79)68-34-41-15-21-57-52(26-41)70-72-74(57)2)77(38-43)62(80)53-30-48(35-65-53)44-9-5-4-6-10-44/h4-6,9-10,12-13,15-19,21,25-26,29,42-43,48-49,53-55,58-59,65-66H,7-8,11,14,20,22-24,27-28,30-31,33-38H2,1-3H3,(H,67,78)(H,68,79). The third-order valence-electron chi connectivity index (χ3n) is 18.5. The predicted octanol–water partition coefficient (Wildman–Crippen LogP) is 5.06. The van der Waals surface area contributed by atoms with Crippen LogP contribution in [0.1, 0.15) is 108 Å². The highest BCUT2D eigenvalue weighted by molar-refractivity contribution is 5.92. The van der Waals surface area contributed by atoms with Gasteiger partial charge in [0.1, 0.15) is 29.0 Å². The maximum Gasteiger partial charge on any atom is 0.243 e. The highest BCUT2D eigenvalue weighted by Gasteiger charge is 2.46. The molecule has 0 saturated carbocycles. The Bertz CT molecular complexity index is 3410. The number of hydrogen-bond acceptors (Lipinski definition) is 13. The molecule has 9 atom stereocenters. The summed E-state index contributed by atoms with van der Waals surface area (Å²) < 4.78 is 8.93. The Morgan fingerprint density at radius 3 is 2.18 bits per heavy atom. The maximum absolute atomic E-state index is 14.8. The van der Waals surface area contributed by atoms with E-state index >= 15 is 0 Å². The summed E-state index contributed by atoms with van der Waals surface area (Å²) in [4.78, 5) is 64.1. The molecule has 1 aliphatic carbocycles. The third kappa shape index (κ3) is 11.5. The Hall–Kier alpha value is -7.79. The number of fused-ring (bicyclic) bond motifs is 2. The number of ether oxygens (including phenoxy) is 1. The zero-order valence-electron chi connectivity index (χ0n) is 47.2. The smallest absolute Gasteiger partial charge is 0.243 e. The molecule has 5 saturated heterocycles. The number of nitrogens with zero attached hydrogens (tertiary/aromatic N) is 10. The number of nitriles is 1. The summed E-state index contributed by atoms with van der Waals surface area (Å²) >= 11 is 0. The van der Waals surface area contributed by atoms with Gasteiger partial charge in [0.25, 0.3) is 0 Å². The number of aromatic nitrogens is 6. The van der Waals surface area contributed by atoms with E-state index in [1.165, 1.54) is 5.56 Å². The molecule has 2 aromatic heterocycles. The topological polar surface area (TPSA) is 221 Å². The lowest BCUT2D eigenvalue weighted by atomic mass is 9.88. The first-order valence-electron chi connectivity index (χ1n) is 29.4. The predicted molar refractivity (Wildman–Crippen MR) is 309 cm³/mol. The molecule has 19 heteroatoms. The number of piperidine rings is 1. The van der Waals surface area contributed by atoms with E-state index in [-0.39, 0.29) is 60.0 Å². The fourth-order valence-electron chi connectivity index (χ4n) is 14.1. The van der Waals surface area contributed by atoms with Crippen LogP contribution in [0.3, 0.4) is 0 Å². The Balaban J connectivity index is 0.716. The largest absolute Gasteiger partial charge is 0.497 e. The first-order valence-corrected chi connectivity index (χ1v) is 29.4. The Morgan fingerprint density at radius 1 is 0.720 bits per heavy atom. The van der Waals surface area contributed by atoms with Gasteiger partial charge in [-0.2, -0.15) is 5.26 Å². The van der Waals surface area contributed by atoms with Gasteiger partial charge < -0.3 is 35.8 Å². The van der Waals surface area contributed by atoms with E-state index in [2.05, 4.69) is 95.3 Å². The molecule has 0 bridgehead atoms. The zero-order valence-corrected chi connectivity index (χ0v) is 47.2. The van der Waals surface area contributed by atoms with Crippen molar-refractivity contribution in [2.75, 3.05) is 46.4 Å². The summed E-state index contributed by atoms with van der Waals surface area (Å²) in [7, 11) is 5.40. The van der Waals surface area contributed by atoms with Crippen molar-refractivity contribution in [3.05, 3.63) is 141 Å². The van der Waals surface area contributed by atoms with Gasteiger partial charge in [-0.1, -0.05) is 77.5 Å². The average molecular weight is 1110 g/mol. The second-order valence-corrected chi connectivity index (χ2v) is 23.7. The average Bonchev–Trinajstić information content (AvgIpc) is 4.57. The molecule has 5 fully saturated rings. The van der Waals surface area contributed by atoms with Gasteiger partial charge in [0, 0.05) is 65.4 Å². The number of carbonyl (C=O) groups is 4. The summed E-state index contributed by atoms with van der Waals surface area (Å²) in [5.41, 5.74) is 10.5. The second-order valence-electron chi connectivity index (χ2n) is 23.7. The number of nitrogens with one attached hydrogen (secondary N) is 4. The van der Waals surface area contributed by atoms with Gasteiger partial charge in [-0.05, 0) is 158 Å². The van der Waals surface area contributed by atoms with Crippen LogP contribution in [-0.2, 0) is 59.1 Å². The molecule has 9 unspecified atom stereocenters. The fraction of sp³-hybridized carbons (Fsp3) is 0.476. The van der Waals surface area contributed by atoms with Gasteiger partial charge in [-0.3, -0.25) is 28.8 Å². The molecule has 0 spiro atoms. The fourth-order valence-corrected chi connectivity index (χ4v) is 14.1. The van der Waals surface area contributed by atoms with E-state index in [9.17, 15) is 24.4 Å². The molecular weight excluding hydrogens is 1030 g/mol. The molecular formula is C63H74N14O5. The number of hydrogen-bond donors (Lipinski definition) is 4. The minimum Gasteiger partial charge on any atom is -0.497 e. The third-order valence-corrected chi connectivity index (χ3v) is 18.5. The summed E-state index contributed by atoms with van der Waals surface area (Å²) in [6, 6.07) is 31.0. The number of likely N-dealkylation sites (tertiary alicyclic amines) is 3. The molecule has 19 nitrogen and oxygen atoms in total. The zero-order chi connectivity index (χ0) is 56.4. The monoisotopic (exact) mass is 1110 g/mol. The first-order chi connectivity index (χ1) is 40.0. The van der Waals surface area contributed by atoms with Gasteiger partial charge in [0.05, 0.1) is 42.0 Å². The van der Waals surface area contributed by atoms with Crippen molar-refractivity contribution in [2.24, 2.45) is 25.9 Å². The van der Waals surface area contributed by atoms with Gasteiger partial charge >= 0.3 is 0 Å². The van der Waals surface area contributed by atoms with Crippen molar-refractivity contribution in [2.45, 2.75) is 119 Å². The molecule has 0 radical (unpaired) electrons. The van der Waals surface area contributed by atoms with Gasteiger partial charge in [0.15, 0.2) is 0 Å². The minimum atomic E-state index is -0.666. The number of amides is 4. The van der Waals surface area contributed by atoms with Crippen molar-refractivity contribution in [1.82, 2.24) is 66.0 Å². The number of aryl methyl sites for hydroxylation is 2. The second kappa shape index (κ2) is 24.0. The lowest BCUT2D eigenvalue weighted by Gasteiger charge is -2.40. The molecule has 12 rings (SSSR count). The van der Waals surface area contributed by atoms with Crippen molar-refractivity contribution >= 4 is 40.7 Å². The van der Waals surface area contributed by atoms with E-state index in [1.54, 1.807) is 21.4 Å². The number of benzene rings is 4. The van der Waals surface area contributed by atoms with Crippen LogP contribution in [0.25, 0.3) is 17.1 Å². The quantitative estimate of drug-likeness (QED) is 0.0997. The molecule has 6 aromatic rings. The molecule has 7 heterocycles. The Kier molecular flexibility index (Phi) is 16.0. The molecule has 4 N–H and O–H groups in total. The van der Waals surface area contributed by atoms with Crippen LogP contribution in [0.15, 0.2) is 96.6 Å². The summed E-state index contributed by atoms with van der Waals surface area (Å²) in [6.45, 7) is 3.78. The van der Waals surface area contributed by atoms with E-state index in [0.717, 1.165) is 101 Å². The van der Waals surface area contributed by atoms with Crippen LogP contribution in [-0.4, -0.2) is 145 Å². The molecule has 4 amide bonds. The normalized spacial score (nSPS) is 25.4. The van der Waals surface area contributed by atoms with Crippen molar-refractivity contribution in [3.8, 4) is 11.8 Å². The summed E-state index contributed by atoms with van der Waals surface area (Å²) in [5.74, 6) is 0.610. The molecule has 5 aliphatic heterocycles. The lowest BCUT2D eigenvalue weighted by molar-refractivity contribution is -0.139. The summed E-state index contributed by atoms with van der Waals surface area (Å²) in [6.07, 6.45) is 10.3. The van der Waals surface area contributed by atoms with Crippen LogP contribution in [0.5, 0.6) is 5.75 Å². The van der Waals surface area contributed by atoms with E-state index in [4.69, 9.17) is 4.74 Å². The molecule has 426 valence electrons. The highest BCUT2D eigenvalue weighted by Crippen LogP contribution is 2.38. The highest BCUT2D eigenvalue weighted by atomic mass is 16.5. The molecule has 4 aromatic carbocycles. The minimum absolute atomic E-state index is 0.0336. The first kappa shape index (κ1) is 54.8. The Labute approximate surface area is 478 Å². The van der Waals surface area contributed by atoms with Crippen molar-refractivity contribution in [1.29, 1.82) is 5.26 Å². The Morgan fingerprint density at radius 2 is 1.43 bits per heavy atom. The lowest BCUT2D eigenvalue weighted by Crippen LogP contribution is -2.51. The number of rotatable bonds is 16. The van der Waals surface area contributed by atoms with Crippen LogP contribution in [0.2, 0.25) is 0 Å². The van der Waals surface area contributed by atoms with Gasteiger partial charge in [0.2, 0.25) is 23.6 Å².